The Morgan fingerprint density at radius 3 is 2.20 bits per heavy atom. The Bertz CT molecular complexity index is 954. The highest BCUT2D eigenvalue weighted by Gasteiger charge is 2.12. The van der Waals surface area contributed by atoms with E-state index in [0.717, 1.165) is 16.7 Å². The van der Waals surface area contributed by atoms with Crippen LogP contribution in [0.2, 0.25) is 0 Å². The van der Waals surface area contributed by atoms with Crippen molar-refractivity contribution in [2.45, 2.75) is 20.8 Å². The van der Waals surface area contributed by atoms with Crippen molar-refractivity contribution in [1.82, 2.24) is 5.32 Å². The molecule has 0 unspecified atom stereocenters. The van der Waals surface area contributed by atoms with Crippen molar-refractivity contribution in [3.8, 4) is 11.8 Å². The monoisotopic (exact) mass is 409 g/mol. The van der Waals surface area contributed by atoms with Gasteiger partial charge in [-0.2, -0.15) is 5.26 Å². The summed E-state index contributed by atoms with van der Waals surface area (Å²) in [4.78, 5) is 35.5. The summed E-state index contributed by atoms with van der Waals surface area (Å²) in [6.07, 6.45) is 0. The van der Waals surface area contributed by atoms with Gasteiger partial charge in [0.15, 0.2) is 13.2 Å². The average molecular weight is 409 g/mol. The van der Waals surface area contributed by atoms with Crippen molar-refractivity contribution >= 4 is 23.5 Å². The summed E-state index contributed by atoms with van der Waals surface area (Å²) in [6.45, 7) is 4.62. The summed E-state index contributed by atoms with van der Waals surface area (Å²) in [5.74, 6) is -1.32. The molecule has 0 aliphatic rings. The summed E-state index contributed by atoms with van der Waals surface area (Å²) in [5, 5.41) is 13.9. The third kappa shape index (κ3) is 6.95. The molecule has 156 valence electrons. The number of benzene rings is 2. The molecule has 2 aromatic rings. The van der Waals surface area contributed by atoms with Gasteiger partial charge in [-0.25, -0.2) is 4.79 Å². The maximum Gasteiger partial charge on any atom is 0.344 e. The number of nitrogens with zero attached hydrogens (tertiary/aromatic N) is 1. The average Bonchev–Trinajstić information content (AvgIpc) is 2.72. The molecule has 0 aliphatic heterocycles. The summed E-state index contributed by atoms with van der Waals surface area (Å²) >= 11 is 0. The molecule has 2 rings (SSSR count). The van der Waals surface area contributed by atoms with Crippen LogP contribution in [0.3, 0.4) is 0 Å². The number of carbonyl (C=O) groups is 3. The van der Waals surface area contributed by atoms with E-state index in [1.807, 2.05) is 39.0 Å². The van der Waals surface area contributed by atoms with Gasteiger partial charge in [0.2, 0.25) is 5.91 Å². The molecule has 0 fully saturated rings. The largest absolute Gasteiger partial charge is 0.482 e. The fourth-order valence-electron chi connectivity index (χ4n) is 2.75. The van der Waals surface area contributed by atoms with E-state index in [-0.39, 0.29) is 19.1 Å². The number of nitrogens with one attached hydrogen (secondary N) is 2. The molecule has 0 aliphatic carbocycles. The fraction of sp³-hybridized carbons (Fsp3) is 0.273. The molecule has 0 heterocycles. The molecule has 8 heteroatoms. The molecular weight excluding hydrogens is 386 g/mol. The van der Waals surface area contributed by atoms with Gasteiger partial charge in [0.1, 0.15) is 5.75 Å². The molecule has 30 heavy (non-hydrogen) atoms. The van der Waals surface area contributed by atoms with Crippen LogP contribution >= 0.6 is 0 Å². The molecule has 0 saturated heterocycles. The molecule has 0 spiro atoms. The van der Waals surface area contributed by atoms with Crippen LogP contribution in [0.4, 0.5) is 5.69 Å². The van der Waals surface area contributed by atoms with Crippen LogP contribution in [0.5, 0.6) is 5.75 Å². The Balaban J connectivity index is 1.69. The summed E-state index contributed by atoms with van der Waals surface area (Å²) in [7, 11) is 0. The summed E-state index contributed by atoms with van der Waals surface area (Å²) in [6, 6.07) is 12.1. The van der Waals surface area contributed by atoms with Crippen LogP contribution < -0.4 is 15.4 Å². The van der Waals surface area contributed by atoms with Gasteiger partial charge in [0.25, 0.3) is 5.91 Å². The molecule has 2 aromatic carbocycles. The zero-order chi connectivity index (χ0) is 22.1. The van der Waals surface area contributed by atoms with Crippen molar-refractivity contribution in [3.05, 3.63) is 58.7 Å². The maximum absolute atomic E-state index is 12.1. The van der Waals surface area contributed by atoms with E-state index in [0.29, 0.717) is 17.0 Å². The number of hydrogen-bond acceptors (Lipinski definition) is 6. The number of esters is 1. The van der Waals surface area contributed by atoms with Crippen LogP contribution in [-0.2, 0) is 19.1 Å². The van der Waals surface area contributed by atoms with Crippen molar-refractivity contribution < 1.29 is 23.9 Å². The second-order valence-electron chi connectivity index (χ2n) is 6.68. The van der Waals surface area contributed by atoms with E-state index in [9.17, 15) is 14.4 Å². The van der Waals surface area contributed by atoms with E-state index in [4.69, 9.17) is 14.7 Å². The van der Waals surface area contributed by atoms with Gasteiger partial charge in [0, 0.05) is 5.69 Å². The van der Waals surface area contributed by atoms with Crippen molar-refractivity contribution in [1.29, 1.82) is 5.26 Å². The first kappa shape index (κ1) is 22.4. The van der Waals surface area contributed by atoms with Gasteiger partial charge in [-0.05, 0) is 56.2 Å². The number of aryl methyl sites for hydroxylation is 3. The molecule has 0 saturated carbocycles. The molecule has 0 bridgehead atoms. The zero-order valence-corrected chi connectivity index (χ0v) is 17.1. The lowest BCUT2D eigenvalue weighted by Gasteiger charge is -2.13. The molecule has 0 radical (unpaired) electrons. The first-order valence-electron chi connectivity index (χ1n) is 9.21. The number of hydrogen-bond donors (Lipinski definition) is 2. The van der Waals surface area contributed by atoms with Crippen LogP contribution in [0.15, 0.2) is 36.4 Å². The predicted molar refractivity (Wildman–Crippen MR) is 110 cm³/mol. The third-order valence-electron chi connectivity index (χ3n) is 4.09. The molecular formula is C22H23N3O5. The van der Waals surface area contributed by atoms with Gasteiger partial charge in [-0.15, -0.1) is 0 Å². The van der Waals surface area contributed by atoms with E-state index in [2.05, 4.69) is 10.6 Å². The maximum atomic E-state index is 12.1. The van der Waals surface area contributed by atoms with Crippen molar-refractivity contribution in [2.75, 3.05) is 25.1 Å². The van der Waals surface area contributed by atoms with E-state index in [1.54, 1.807) is 24.3 Å². The van der Waals surface area contributed by atoms with E-state index in [1.165, 1.54) is 0 Å². The summed E-state index contributed by atoms with van der Waals surface area (Å²) in [5.41, 5.74) is 4.15. The van der Waals surface area contributed by atoms with Crippen LogP contribution in [-0.4, -0.2) is 37.5 Å². The zero-order valence-electron chi connectivity index (χ0n) is 17.1. The highest BCUT2D eigenvalue weighted by molar-refractivity contribution is 5.96. The Kier molecular flexibility index (Phi) is 7.94. The minimum Gasteiger partial charge on any atom is -0.482 e. The normalized spacial score (nSPS) is 9.93. The number of nitriles is 1. The smallest absolute Gasteiger partial charge is 0.344 e. The van der Waals surface area contributed by atoms with Crippen LogP contribution in [0.25, 0.3) is 0 Å². The lowest BCUT2D eigenvalue weighted by atomic mass is 10.1. The van der Waals surface area contributed by atoms with Crippen molar-refractivity contribution in [3.63, 3.8) is 0 Å². The Labute approximate surface area is 174 Å². The Morgan fingerprint density at radius 1 is 0.967 bits per heavy atom. The van der Waals surface area contributed by atoms with Gasteiger partial charge < -0.3 is 20.1 Å². The van der Waals surface area contributed by atoms with E-state index >= 15 is 0 Å². The van der Waals surface area contributed by atoms with Crippen molar-refractivity contribution in [2.24, 2.45) is 0 Å². The number of rotatable bonds is 8. The van der Waals surface area contributed by atoms with Gasteiger partial charge in [0.05, 0.1) is 18.2 Å². The lowest BCUT2D eigenvalue weighted by molar-refractivity contribution is -0.150. The number of amides is 2. The number of carbonyl (C=O) groups excluding carboxylic acids is 3. The number of ether oxygens (including phenoxy) is 2. The second-order valence-corrected chi connectivity index (χ2v) is 6.68. The minimum absolute atomic E-state index is 0.245. The highest BCUT2D eigenvalue weighted by Crippen LogP contribution is 2.21. The summed E-state index contributed by atoms with van der Waals surface area (Å²) < 4.78 is 10.0. The molecule has 2 amide bonds. The third-order valence-corrected chi connectivity index (χ3v) is 4.09. The van der Waals surface area contributed by atoms with Gasteiger partial charge in [-0.1, -0.05) is 17.7 Å². The SMILES string of the molecule is Cc1cc(C)c(NC(=O)CNC(=O)COC(=O)COc2ccc(C#N)cc2)c(C)c1. The first-order valence-corrected chi connectivity index (χ1v) is 9.21. The lowest BCUT2D eigenvalue weighted by Crippen LogP contribution is -2.36. The Morgan fingerprint density at radius 2 is 1.60 bits per heavy atom. The van der Waals surface area contributed by atoms with Crippen LogP contribution in [0.1, 0.15) is 22.3 Å². The van der Waals surface area contributed by atoms with Crippen LogP contribution in [0, 0.1) is 32.1 Å². The molecule has 0 atom stereocenters. The first-order chi connectivity index (χ1) is 14.3. The Hall–Kier alpha value is -3.86. The predicted octanol–water partition coefficient (Wildman–Crippen LogP) is 2.16. The fourth-order valence-corrected chi connectivity index (χ4v) is 2.75. The molecule has 2 N–H and O–H groups in total. The molecule has 8 nitrogen and oxygen atoms in total. The quantitative estimate of drug-likeness (QED) is 0.645. The second kappa shape index (κ2) is 10.6. The van der Waals surface area contributed by atoms with Gasteiger partial charge in [-0.3, -0.25) is 9.59 Å². The standard InChI is InChI=1S/C22H23N3O5/c1-14-8-15(2)22(16(3)9-14)25-19(26)11-24-20(27)12-30-21(28)13-29-18-6-4-17(10-23)5-7-18/h4-9H,11-13H2,1-3H3,(H,24,27)(H,25,26). The van der Waals surface area contributed by atoms with E-state index < -0.39 is 18.5 Å². The minimum atomic E-state index is -0.732. The molecule has 0 aromatic heterocycles. The topological polar surface area (TPSA) is 118 Å². The number of anilines is 1. The highest BCUT2D eigenvalue weighted by atomic mass is 16.6. The van der Waals surface area contributed by atoms with Gasteiger partial charge >= 0.3 is 5.97 Å².